The monoisotopic (exact) mass is 667 g/mol. The van der Waals surface area contributed by atoms with Crippen molar-refractivity contribution < 1.29 is 13.2 Å². The van der Waals surface area contributed by atoms with Crippen molar-refractivity contribution in [2.45, 2.75) is 104 Å². The Hall–Kier alpha value is -3.85. The summed E-state index contributed by atoms with van der Waals surface area (Å²) in [6, 6.07) is 15.5. The van der Waals surface area contributed by atoms with E-state index >= 15 is 0 Å². The molecule has 2 aromatic heterocycles. The molecule has 4 bridgehead atoms. The van der Waals surface area contributed by atoms with Crippen LogP contribution >= 0.6 is 0 Å². The molecule has 9 heteroatoms. The Morgan fingerprint density at radius 3 is 2.44 bits per heavy atom. The summed E-state index contributed by atoms with van der Waals surface area (Å²) in [4.78, 5) is 19.1. The van der Waals surface area contributed by atoms with E-state index in [2.05, 4.69) is 55.6 Å². The summed E-state index contributed by atoms with van der Waals surface area (Å²) in [5.41, 5.74) is 6.69. The molecule has 3 heterocycles. The molecule has 254 valence electrons. The maximum absolute atomic E-state index is 14.0. The molecule has 6 rings (SSSR count). The molecule has 2 aromatic carbocycles. The third kappa shape index (κ3) is 7.88. The summed E-state index contributed by atoms with van der Waals surface area (Å²) < 4.78 is 37.4. The molecular formula is C39H49N5O3S. The average molecular weight is 668 g/mol. The second kappa shape index (κ2) is 13.9. The van der Waals surface area contributed by atoms with Crippen molar-refractivity contribution in [3.63, 3.8) is 0 Å². The Bertz CT molecular complexity index is 1880. The zero-order valence-corrected chi connectivity index (χ0v) is 30.0. The summed E-state index contributed by atoms with van der Waals surface area (Å²) in [7, 11) is -4.02. The van der Waals surface area contributed by atoms with Crippen molar-refractivity contribution in [2.75, 3.05) is 11.3 Å². The molecule has 0 radical (unpaired) electrons. The van der Waals surface area contributed by atoms with Gasteiger partial charge in [-0.15, -0.1) is 0 Å². The minimum Gasteiger partial charge on any atom is -0.477 e. The third-order valence-electron chi connectivity index (χ3n) is 9.88. The van der Waals surface area contributed by atoms with Crippen molar-refractivity contribution in [3.8, 4) is 17.1 Å². The minimum atomic E-state index is -4.02. The number of benzene rings is 2. The molecule has 1 N–H and O–H groups in total. The van der Waals surface area contributed by atoms with E-state index in [-0.39, 0.29) is 28.1 Å². The molecule has 48 heavy (non-hydrogen) atoms. The Balaban J connectivity index is 1.48. The van der Waals surface area contributed by atoms with Gasteiger partial charge in [-0.2, -0.15) is 4.98 Å². The molecule has 1 aliphatic carbocycles. The summed E-state index contributed by atoms with van der Waals surface area (Å²) in [5, 5.41) is 0. The predicted molar refractivity (Wildman–Crippen MR) is 191 cm³/mol. The highest BCUT2D eigenvalue weighted by Crippen LogP contribution is 2.40. The fourth-order valence-corrected chi connectivity index (χ4v) is 8.60. The van der Waals surface area contributed by atoms with Gasteiger partial charge in [0, 0.05) is 35.4 Å². The first-order valence-electron chi connectivity index (χ1n) is 17.4. The van der Waals surface area contributed by atoms with Crippen LogP contribution in [0.5, 0.6) is 5.88 Å². The maximum Gasteiger partial charge on any atom is 0.264 e. The van der Waals surface area contributed by atoms with Crippen molar-refractivity contribution in [1.29, 1.82) is 0 Å². The van der Waals surface area contributed by atoms with Gasteiger partial charge in [0.1, 0.15) is 5.82 Å². The second-order valence-corrected chi connectivity index (χ2v) is 16.8. The predicted octanol–water partition coefficient (Wildman–Crippen LogP) is 8.55. The van der Waals surface area contributed by atoms with Gasteiger partial charge in [0.15, 0.2) is 0 Å². The molecule has 0 spiro atoms. The first-order chi connectivity index (χ1) is 22.9. The number of aromatic nitrogens is 4. The van der Waals surface area contributed by atoms with Crippen LogP contribution in [0.15, 0.2) is 59.6 Å². The molecule has 2 aliphatic rings. The van der Waals surface area contributed by atoms with Gasteiger partial charge in [-0.05, 0) is 85.8 Å². The molecule has 1 aliphatic heterocycles. The number of fused-ring (bicyclic) bond motifs is 4. The van der Waals surface area contributed by atoms with E-state index in [4.69, 9.17) is 19.7 Å². The van der Waals surface area contributed by atoms with Crippen LogP contribution in [0.4, 0.5) is 5.95 Å². The van der Waals surface area contributed by atoms with Crippen LogP contribution in [0.1, 0.15) is 99.0 Å². The SMILES string of the molecule is Cc1ccnc(CC2c3cccc(c3)S(=O)(=O)Nc3nc(c(C)c(-c4c(C)cccc4CC4CCCCC4)n3)OC[C@H]2CC(C)(C)C)n1. The number of hydrogen-bond acceptors (Lipinski definition) is 7. The van der Waals surface area contributed by atoms with Crippen molar-refractivity contribution in [1.82, 2.24) is 19.9 Å². The fraction of sp³-hybridized carbons (Fsp3) is 0.487. The minimum absolute atomic E-state index is 0.0144. The van der Waals surface area contributed by atoms with Gasteiger partial charge < -0.3 is 4.74 Å². The van der Waals surface area contributed by atoms with Crippen LogP contribution < -0.4 is 9.46 Å². The van der Waals surface area contributed by atoms with Gasteiger partial charge in [-0.1, -0.05) is 83.2 Å². The van der Waals surface area contributed by atoms with Crippen LogP contribution in [0.3, 0.4) is 0 Å². The van der Waals surface area contributed by atoms with Gasteiger partial charge in [0.25, 0.3) is 10.0 Å². The van der Waals surface area contributed by atoms with E-state index < -0.39 is 10.0 Å². The van der Waals surface area contributed by atoms with Crippen LogP contribution in [0.25, 0.3) is 11.3 Å². The number of nitrogens with zero attached hydrogens (tertiary/aromatic N) is 4. The topological polar surface area (TPSA) is 107 Å². The van der Waals surface area contributed by atoms with Crippen molar-refractivity contribution in [2.24, 2.45) is 17.3 Å². The van der Waals surface area contributed by atoms with Gasteiger partial charge in [-0.25, -0.2) is 28.1 Å². The number of anilines is 1. The number of nitrogens with one attached hydrogen (secondary N) is 1. The Labute approximate surface area is 286 Å². The number of rotatable bonds is 6. The molecule has 8 nitrogen and oxygen atoms in total. The highest BCUT2D eigenvalue weighted by atomic mass is 32.2. The zero-order valence-electron chi connectivity index (χ0n) is 29.2. The second-order valence-electron chi connectivity index (χ2n) is 15.1. The average Bonchev–Trinajstić information content (AvgIpc) is 3.03. The molecule has 0 saturated heterocycles. The van der Waals surface area contributed by atoms with Crippen molar-refractivity contribution >= 4 is 16.0 Å². The number of sulfonamides is 1. The van der Waals surface area contributed by atoms with E-state index in [9.17, 15) is 8.42 Å². The normalized spacial score (nSPS) is 19.8. The standard InChI is InChI=1S/C39H49N5O3S/c1-25-12-10-16-30(20-28-13-8-7-9-14-28)35(25)36-27(3)37-43-38(42-36)44-48(45,46)32-17-11-15-29(21-32)33(22-34-40-19-18-26(2)41-34)31(24-47-37)23-39(4,5)6/h10-12,15-19,21,28,31,33H,7-9,13-14,20,22-24H2,1-6H3,(H,42,43,44)/t31-,33?/m1/s1. The highest BCUT2D eigenvalue weighted by molar-refractivity contribution is 7.92. The summed E-state index contributed by atoms with van der Waals surface area (Å²) in [6.45, 7) is 13.1. The lowest BCUT2D eigenvalue weighted by molar-refractivity contribution is 0.165. The molecule has 1 saturated carbocycles. The van der Waals surface area contributed by atoms with Crippen LogP contribution in [0.2, 0.25) is 0 Å². The summed E-state index contributed by atoms with van der Waals surface area (Å²) in [5.74, 6) is 1.69. The molecular weight excluding hydrogens is 619 g/mol. The van der Waals surface area contributed by atoms with Gasteiger partial charge in [-0.3, -0.25) is 0 Å². The van der Waals surface area contributed by atoms with E-state index in [1.807, 2.05) is 32.0 Å². The third-order valence-corrected chi connectivity index (χ3v) is 11.2. The van der Waals surface area contributed by atoms with E-state index in [1.54, 1.807) is 18.3 Å². The smallest absolute Gasteiger partial charge is 0.264 e. The molecule has 1 fully saturated rings. The maximum atomic E-state index is 14.0. The summed E-state index contributed by atoms with van der Waals surface area (Å²) >= 11 is 0. The highest BCUT2D eigenvalue weighted by Gasteiger charge is 2.32. The zero-order chi connectivity index (χ0) is 34.1. The lowest BCUT2D eigenvalue weighted by atomic mass is 9.75. The van der Waals surface area contributed by atoms with Gasteiger partial charge >= 0.3 is 0 Å². The van der Waals surface area contributed by atoms with Gasteiger partial charge in [0.2, 0.25) is 11.8 Å². The first kappa shape index (κ1) is 34.0. The lowest BCUT2D eigenvalue weighted by Crippen LogP contribution is -2.28. The number of ether oxygens (including phenoxy) is 1. The quantitative estimate of drug-likeness (QED) is 0.220. The van der Waals surface area contributed by atoms with Gasteiger partial charge in [0.05, 0.1) is 17.2 Å². The van der Waals surface area contributed by atoms with Crippen LogP contribution in [-0.4, -0.2) is 35.0 Å². The first-order valence-corrected chi connectivity index (χ1v) is 18.9. The Morgan fingerprint density at radius 2 is 1.69 bits per heavy atom. The fourth-order valence-electron chi connectivity index (χ4n) is 7.60. The van der Waals surface area contributed by atoms with Crippen molar-refractivity contribution in [3.05, 3.63) is 88.5 Å². The number of hydrogen-bond donors (Lipinski definition) is 1. The van der Waals surface area contributed by atoms with E-state index in [0.717, 1.165) is 46.6 Å². The summed E-state index contributed by atoms with van der Waals surface area (Å²) in [6.07, 6.45) is 10.5. The molecule has 2 atom stereocenters. The van der Waals surface area contributed by atoms with E-state index in [1.165, 1.54) is 37.7 Å². The van der Waals surface area contributed by atoms with Crippen LogP contribution in [-0.2, 0) is 22.9 Å². The Morgan fingerprint density at radius 1 is 0.917 bits per heavy atom. The number of aryl methyl sites for hydroxylation is 2. The molecule has 0 amide bonds. The molecule has 4 aromatic rings. The largest absolute Gasteiger partial charge is 0.477 e. The van der Waals surface area contributed by atoms with Crippen LogP contribution in [0, 0.1) is 38.0 Å². The lowest BCUT2D eigenvalue weighted by Gasteiger charge is -2.33. The van der Waals surface area contributed by atoms with E-state index in [0.29, 0.717) is 30.5 Å². The Kier molecular flexibility index (Phi) is 9.88. The molecule has 1 unspecified atom stereocenters.